The molecule has 1 aromatic heterocycles. The Bertz CT molecular complexity index is 736. The van der Waals surface area contributed by atoms with Gasteiger partial charge in [0.1, 0.15) is 11.6 Å². The van der Waals surface area contributed by atoms with E-state index in [0.29, 0.717) is 19.0 Å². The minimum Gasteiger partial charge on any atom is -0.493 e. The Hall–Kier alpha value is -1.72. The van der Waals surface area contributed by atoms with E-state index in [2.05, 4.69) is 15.6 Å². The monoisotopic (exact) mass is 383 g/mol. The van der Waals surface area contributed by atoms with Crippen LogP contribution in [0.4, 0.5) is 5.82 Å². The topological polar surface area (TPSA) is 63.2 Å². The molecule has 0 aliphatic heterocycles. The van der Waals surface area contributed by atoms with Crippen LogP contribution in [0.5, 0.6) is 5.75 Å². The third-order valence-electron chi connectivity index (χ3n) is 3.98. The predicted molar refractivity (Wildman–Crippen MR) is 104 cm³/mol. The van der Waals surface area contributed by atoms with Crippen LogP contribution in [0, 0.1) is 5.92 Å². The molecule has 3 rings (SSSR count). The van der Waals surface area contributed by atoms with Gasteiger partial charge in [-0.05, 0) is 43.0 Å². The Kier molecular flexibility index (Phi) is 7.14. The summed E-state index contributed by atoms with van der Waals surface area (Å²) in [7, 11) is 0. The minimum atomic E-state index is -0.0421. The van der Waals surface area contributed by atoms with E-state index in [0.717, 1.165) is 40.6 Å². The molecule has 2 N–H and O–H groups in total. The molecule has 0 spiro atoms. The number of aromatic nitrogens is 1. The normalized spacial score (nSPS) is 13.2. The molecule has 1 saturated carbocycles. The first-order chi connectivity index (χ1) is 11.7. The summed E-state index contributed by atoms with van der Waals surface area (Å²) >= 11 is 6.07. The molecule has 1 fully saturated rings. The van der Waals surface area contributed by atoms with E-state index in [4.69, 9.17) is 16.3 Å². The van der Waals surface area contributed by atoms with Crippen molar-refractivity contribution in [3.63, 3.8) is 0 Å². The van der Waals surface area contributed by atoms with Gasteiger partial charge in [0, 0.05) is 31.0 Å². The fourth-order valence-corrected chi connectivity index (χ4v) is 2.66. The van der Waals surface area contributed by atoms with Gasteiger partial charge in [-0.2, -0.15) is 0 Å². The van der Waals surface area contributed by atoms with Crippen molar-refractivity contribution in [2.75, 3.05) is 25.0 Å². The van der Waals surface area contributed by atoms with Crippen LogP contribution in [0.2, 0.25) is 0 Å². The van der Waals surface area contributed by atoms with Gasteiger partial charge in [0.25, 0.3) is 0 Å². The smallest absolute Gasteiger partial charge is 0.216 e. The molecule has 0 unspecified atom stereocenters. The third-order valence-corrected chi connectivity index (χ3v) is 4.27. The van der Waals surface area contributed by atoms with Crippen LogP contribution in [-0.2, 0) is 10.7 Å². The van der Waals surface area contributed by atoms with Crippen LogP contribution in [-0.4, -0.2) is 30.6 Å². The van der Waals surface area contributed by atoms with Gasteiger partial charge in [0.05, 0.1) is 18.0 Å². The number of anilines is 1. The van der Waals surface area contributed by atoms with Crippen LogP contribution in [0.1, 0.15) is 25.3 Å². The van der Waals surface area contributed by atoms with Gasteiger partial charge in [-0.1, -0.05) is 0 Å². The number of fused-ring (bicyclic) bond motifs is 1. The van der Waals surface area contributed by atoms with E-state index >= 15 is 0 Å². The summed E-state index contributed by atoms with van der Waals surface area (Å²) in [6.45, 7) is 3.45. The van der Waals surface area contributed by atoms with Crippen LogP contribution in [0.15, 0.2) is 24.3 Å². The summed E-state index contributed by atoms with van der Waals surface area (Å²) in [4.78, 5) is 15.5. The third kappa shape index (κ3) is 5.65. The van der Waals surface area contributed by atoms with Crippen LogP contribution >= 0.6 is 24.0 Å². The lowest BCUT2D eigenvalue weighted by atomic mass is 10.1. The fourth-order valence-electron chi connectivity index (χ4n) is 2.46. The molecule has 0 atom stereocenters. The molecule has 7 heteroatoms. The number of benzene rings is 1. The summed E-state index contributed by atoms with van der Waals surface area (Å²) in [6.07, 6.45) is 2.55. The van der Waals surface area contributed by atoms with Crippen molar-refractivity contribution in [3.05, 3.63) is 29.8 Å². The number of hydrogen-bond acceptors (Lipinski definition) is 4. The predicted octanol–water partition coefficient (Wildman–Crippen LogP) is 3.73. The van der Waals surface area contributed by atoms with Gasteiger partial charge in [-0.25, -0.2) is 4.98 Å². The quantitative estimate of drug-likeness (QED) is 0.538. The Morgan fingerprint density at radius 2 is 2.12 bits per heavy atom. The molecular formula is C18H23Cl2N3O2. The average molecular weight is 384 g/mol. The van der Waals surface area contributed by atoms with E-state index < -0.39 is 0 Å². The minimum absolute atomic E-state index is 0. The molecule has 136 valence electrons. The maximum atomic E-state index is 10.9. The molecule has 1 heterocycles. The number of carbonyl (C=O) groups excluding carboxylic acids is 1. The number of amides is 1. The molecule has 1 aliphatic carbocycles. The lowest BCUT2D eigenvalue weighted by molar-refractivity contribution is -0.118. The number of carbonyl (C=O) groups is 1. The first-order valence-electron chi connectivity index (χ1n) is 8.26. The van der Waals surface area contributed by atoms with E-state index in [9.17, 15) is 4.79 Å². The molecule has 1 amide bonds. The Morgan fingerprint density at radius 1 is 1.32 bits per heavy atom. The van der Waals surface area contributed by atoms with Crippen molar-refractivity contribution in [3.8, 4) is 5.75 Å². The number of nitrogens with one attached hydrogen (secondary N) is 2. The van der Waals surface area contributed by atoms with Crippen molar-refractivity contribution < 1.29 is 9.53 Å². The second-order valence-electron chi connectivity index (χ2n) is 6.15. The first-order valence-corrected chi connectivity index (χ1v) is 8.80. The van der Waals surface area contributed by atoms with Crippen LogP contribution in [0.25, 0.3) is 10.9 Å². The Balaban J connectivity index is 0.00000225. The molecule has 0 saturated heterocycles. The van der Waals surface area contributed by atoms with Gasteiger partial charge in [-0.15, -0.1) is 24.0 Å². The maximum absolute atomic E-state index is 10.9. The zero-order chi connectivity index (χ0) is 16.9. The molecule has 2 aromatic rings. The highest BCUT2D eigenvalue weighted by Crippen LogP contribution is 2.30. The van der Waals surface area contributed by atoms with Crippen molar-refractivity contribution in [2.24, 2.45) is 5.92 Å². The van der Waals surface area contributed by atoms with Crippen molar-refractivity contribution in [2.45, 2.75) is 25.6 Å². The van der Waals surface area contributed by atoms with Gasteiger partial charge in [-0.3, -0.25) is 4.79 Å². The number of hydrogen-bond donors (Lipinski definition) is 2. The molecule has 25 heavy (non-hydrogen) atoms. The van der Waals surface area contributed by atoms with Gasteiger partial charge in [0.2, 0.25) is 5.91 Å². The average Bonchev–Trinajstić information content (AvgIpc) is 3.40. The van der Waals surface area contributed by atoms with Crippen LogP contribution in [0.3, 0.4) is 0 Å². The second-order valence-corrected chi connectivity index (χ2v) is 6.42. The summed E-state index contributed by atoms with van der Waals surface area (Å²) in [5, 5.41) is 7.00. The largest absolute Gasteiger partial charge is 0.493 e. The number of alkyl halides is 1. The van der Waals surface area contributed by atoms with Gasteiger partial charge in [0.15, 0.2) is 0 Å². The van der Waals surface area contributed by atoms with E-state index in [1.807, 2.05) is 24.3 Å². The highest BCUT2D eigenvalue weighted by molar-refractivity contribution is 6.17. The van der Waals surface area contributed by atoms with Crippen molar-refractivity contribution in [1.82, 2.24) is 10.3 Å². The SMILES string of the molecule is CC(=O)NCCNc1nc2ccc(OCC3CC3)cc2cc1CCl.Cl. The highest BCUT2D eigenvalue weighted by atomic mass is 35.5. The highest BCUT2D eigenvalue weighted by Gasteiger charge is 2.21. The fraction of sp³-hybridized carbons (Fsp3) is 0.444. The number of pyridine rings is 1. The molecule has 0 radical (unpaired) electrons. The summed E-state index contributed by atoms with van der Waals surface area (Å²) in [5.74, 6) is 2.70. The van der Waals surface area contributed by atoms with Crippen LogP contribution < -0.4 is 15.4 Å². The summed E-state index contributed by atoms with van der Waals surface area (Å²) < 4.78 is 5.83. The number of ether oxygens (including phenoxy) is 1. The molecule has 1 aromatic carbocycles. The standard InChI is InChI=1S/C18H22ClN3O2.ClH/c1-12(23)20-6-7-21-18-15(10-19)8-14-9-16(4-5-17(14)22-18)24-11-13-2-3-13;/h4-5,8-9,13H,2-3,6-7,10-11H2,1H3,(H,20,23)(H,21,22);1H. The molecule has 5 nitrogen and oxygen atoms in total. The summed E-state index contributed by atoms with van der Waals surface area (Å²) in [5.41, 5.74) is 1.83. The zero-order valence-corrected chi connectivity index (χ0v) is 15.8. The molecular weight excluding hydrogens is 361 g/mol. The van der Waals surface area contributed by atoms with E-state index in [1.165, 1.54) is 19.8 Å². The van der Waals surface area contributed by atoms with Crippen molar-refractivity contribution >= 4 is 46.6 Å². The van der Waals surface area contributed by atoms with Gasteiger partial charge < -0.3 is 15.4 Å². The summed E-state index contributed by atoms with van der Waals surface area (Å²) in [6, 6.07) is 7.98. The van der Waals surface area contributed by atoms with Gasteiger partial charge >= 0.3 is 0 Å². The number of rotatable bonds is 8. The second kappa shape index (κ2) is 9.11. The maximum Gasteiger partial charge on any atom is 0.216 e. The lowest BCUT2D eigenvalue weighted by Crippen LogP contribution is -2.26. The van der Waals surface area contributed by atoms with E-state index in [-0.39, 0.29) is 18.3 Å². The van der Waals surface area contributed by atoms with E-state index in [1.54, 1.807) is 0 Å². The number of halogens is 2. The Labute approximate surface area is 158 Å². The zero-order valence-electron chi connectivity index (χ0n) is 14.2. The first kappa shape index (κ1) is 19.6. The molecule has 0 bridgehead atoms. The number of nitrogens with zero attached hydrogens (tertiary/aromatic N) is 1. The molecule has 1 aliphatic rings. The Morgan fingerprint density at radius 3 is 2.80 bits per heavy atom. The van der Waals surface area contributed by atoms with Crippen molar-refractivity contribution in [1.29, 1.82) is 0 Å². The lowest BCUT2D eigenvalue weighted by Gasteiger charge is -2.12.